The topological polar surface area (TPSA) is 113 Å². The number of nitro benzene ring substituents is 1. The van der Waals surface area contributed by atoms with Gasteiger partial charge in [0, 0.05) is 25.3 Å². The Kier molecular flexibility index (Phi) is 6.08. The third-order valence-corrected chi connectivity index (χ3v) is 2.98. The number of carbonyl (C=O) groups is 1. The van der Waals surface area contributed by atoms with Gasteiger partial charge < -0.3 is 15.5 Å². The Morgan fingerprint density at radius 1 is 1.50 bits per heavy atom. The van der Waals surface area contributed by atoms with E-state index in [2.05, 4.69) is 5.32 Å². The van der Waals surface area contributed by atoms with Gasteiger partial charge in [0.2, 0.25) is 0 Å². The molecule has 1 atom stereocenters. The maximum Gasteiger partial charge on any atom is 0.343 e. The number of hydrogen-bond acceptors (Lipinski definition) is 5. The van der Waals surface area contributed by atoms with Gasteiger partial charge in [-0.25, -0.2) is 4.79 Å². The van der Waals surface area contributed by atoms with Crippen molar-refractivity contribution in [2.24, 2.45) is 0 Å². The van der Waals surface area contributed by atoms with Crippen molar-refractivity contribution in [2.45, 2.75) is 32.4 Å². The molecule has 0 bridgehead atoms. The van der Waals surface area contributed by atoms with Crippen LogP contribution < -0.4 is 5.32 Å². The highest BCUT2D eigenvalue weighted by atomic mass is 16.6. The number of aliphatic hydroxyl groups excluding tert-OH is 1. The van der Waals surface area contributed by atoms with Crippen LogP contribution in [0.4, 0.5) is 5.69 Å². The van der Waals surface area contributed by atoms with Gasteiger partial charge in [0.05, 0.1) is 4.92 Å². The average Bonchev–Trinajstić information content (AvgIpc) is 2.41. The largest absolute Gasteiger partial charge is 0.477 e. The molecule has 20 heavy (non-hydrogen) atoms. The van der Waals surface area contributed by atoms with E-state index in [4.69, 9.17) is 10.2 Å². The van der Waals surface area contributed by atoms with E-state index in [1.165, 1.54) is 12.1 Å². The van der Waals surface area contributed by atoms with Crippen molar-refractivity contribution < 1.29 is 19.9 Å². The van der Waals surface area contributed by atoms with E-state index in [-0.39, 0.29) is 24.8 Å². The molecule has 110 valence electrons. The first kappa shape index (κ1) is 16.1. The van der Waals surface area contributed by atoms with Gasteiger partial charge in [0.25, 0.3) is 5.69 Å². The number of nitrogens with zero attached hydrogens (tertiary/aromatic N) is 1. The van der Waals surface area contributed by atoms with Gasteiger partial charge in [-0.1, -0.05) is 12.1 Å². The van der Waals surface area contributed by atoms with Crippen molar-refractivity contribution in [1.29, 1.82) is 0 Å². The number of benzene rings is 1. The summed E-state index contributed by atoms with van der Waals surface area (Å²) in [5, 5.41) is 31.8. The number of rotatable bonds is 8. The van der Waals surface area contributed by atoms with E-state index in [0.717, 1.165) is 6.42 Å². The highest BCUT2D eigenvalue weighted by molar-refractivity contribution is 5.94. The fourth-order valence-corrected chi connectivity index (χ4v) is 1.92. The van der Waals surface area contributed by atoms with Crippen molar-refractivity contribution in [3.05, 3.63) is 39.4 Å². The van der Waals surface area contributed by atoms with E-state index in [1.807, 2.05) is 6.92 Å². The van der Waals surface area contributed by atoms with Crippen molar-refractivity contribution in [2.75, 3.05) is 6.61 Å². The number of carboxylic acid groups (broad SMARTS) is 1. The van der Waals surface area contributed by atoms with Gasteiger partial charge in [-0.3, -0.25) is 10.1 Å². The predicted octanol–water partition coefficient (Wildman–Crippen LogP) is 1.54. The smallest absolute Gasteiger partial charge is 0.343 e. The summed E-state index contributed by atoms with van der Waals surface area (Å²) in [6, 6.07) is 4.30. The van der Waals surface area contributed by atoms with Crippen LogP contribution in [0.15, 0.2) is 18.2 Å². The molecule has 0 aromatic heterocycles. The van der Waals surface area contributed by atoms with E-state index < -0.39 is 16.6 Å². The molecule has 0 fully saturated rings. The van der Waals surface area contributed by atoms with Crippen molar-refractivity contribution in [3.63, 3.8) is 0 Å². The fraction of sp³-hybridized carbons (Fsp3) is 0.462. The van der Waals surface area contributed by atoms with Crippen LogP contribution in [0.3, 0.4) is 0 Å². The first-order valence-corrected chi connectivity index (χ1v) is 6.31. The molecular weight excluding hydrogens is 264 g/mol. The molecular formula is C13H18N2O5. The summed E-state index contributed by atoms with van der Waals surface area (Å²) >= 11 is 0. The van der Waals surface area contributed by atoms with Crippen LogP contribution in [0.1, 0.15) is 35.7 Å². The second-order valence-electron chi connectivity index (χ2n) is 4.52. The van der Waals surface area contributed by atoms with Crippen LogP contribution >= 0.6 is 0 Å². The van der Waals surface area contributed by atoms with E-state index in [9.17, 15) is 14.9 Å². The van der Waals surface area contributed by atoms with Gasteiger partial charge >= 0.3 is 5.97 Å². The van der Waals surface area contributed by atoms with E-state index in [1.54, 1.807) is 6.07 Å². The quantitative estimate of drug-likeness (QED) is 0.492. The molecule has 0 saturated carbocycles. The minimum absolute atomic E-state index is 0.0862. The first-order valence-electron chi connectivity index (χ1n) is 6.31. The lowest BCUT2D eigenvalue weighted by Crippen LogP contribution is -2.26. The molecule has 1 unspecified atom stereocenters. The number of nitro groups is 1. The van der Waals surface area contributed by atoms with Gasteiger partial charge in [0.1, 0.15) is 5.56 Å². The second kappa shape index (κ2) is 7.56. The highest BCUT2D eigenvalue weighted by Crippen LogP contribution is 2.22. The van der Waals surface area contributed by atoms with Crippen LogP contribution in [-0.4, -0.2) is 33.8 Å². The third-order valence-electron chi connectivity index (χ3n) is 2.98. The number of aromatic carboxylic acids is 1. The monoisotopic (exact) mass is 282 g/mol. The molecule has 1 aromatic rings. The molecule has 7 heteroatoms. The summed E-state index contributed by atoms with van der Waals surface area (Å²) < 4.78 is 0. The van der Waals surface area contributed by atoms with Crippen LogP contribution in [0, 0.1) is 10.1 Å². The summed E-state index contributed by atoms with van der Waals surface area (Å²) in [5.74, 6) is -1.31. The normalized spacial score (nSPS) is 12.1. The summed E-state index contributed by atoms with van der Waals surface area (Å²) in [7, 11) is 0. The van der Waals surface area contributed by atoms with Crippen LogP contribution in [-0.2, 0) is 6.54 Å². The standard InChI is InChI=1S/C13H18N2O5/c1-9(4-3-7-16)14-8-10-5-2-6-11(15(19)20)12(10)13(17)18/h2,5-6,9,14,16H,3-4,7-8H2,1H3,(H,17,18). The van der Waals surface area contributed by atoms with Crippen molar-refractivity contribution >= 4 is 11.7 Å². The molecule has 1 rings (SSSR count). The van der Waals surface area contributed by atoms with E-state index >= 15 is 0 Å². The lowest BCUT2D eigenvalue weighted by Gasteiger charge is -2.14. The summed E-state index contributed by atoms with van der Waals surface area (Å²) in [6.45, 7) is 2.24. The van der Waals surface area contributed by atoms with Gasteiger partial charge in [-0.15, -0.1) is 0 Å². The van der Waals surface area contributed by atoms with Crippen LogP contribution in [0.25, 0.3) is 0 Å². The fourth-order valence-electron chi connectivity index (χ4n) is 1.92. The van der Waals surface area contributed by atoms with E-state index in [0.29, 0.717) is 12.0 Å². The Hall–Kier alpha value is -1.99. The minimum atomic E-state index is -1.31. The number of aliphatic hydroxyl groups is 1. The minimum Gasteiger partial charge on any atom is -0.477 e. The molecule has 0 spiro atoms. The molecule has 0 aliphatic carbocycles. The van der Waals surface area contributed by atoms with Crippen molar-refractivity contribution in [3.8, 4) is 0 Å². The van der Waals surface area contributed by atoms with Crippen LogP contribution in [0.2, 0.25) is 0 Å². The molecule has 0 saturated heterocycles. The zero-order valence-corrected chi connectivity index (χ0v) is 11.2. The summed E-state index contributed by atoms with van der Waals surface area (Å²) in [4.78, 5) is 21.4. The molecule has 3 N–H and O–H groups in total. The number of carboxylic acids is 1. The predicted molar refractivity (Wildman–Crippen MR) is 72.7 cm³/mol. The van der Waals surface area contributed by atoms with Gasteiger partial charge in [-0.2, -0.15) is 0 Å². The zero-order valence-electron chi connectivity index (χ0n) is 11.2. The Labute approximate surface area is 116 Å². The van der Waals surface area contributed by atoms with Crippen LogP contribution in [0.5, 0.6) is 0 Å². The Morgan fingerprint density at radius 3 is 2.75 bits per heavy atom. The molecule has 0 heterocycles. The SMILES string of the molecule is CC(CCCO)NCc1cccc([N+](=O)[O-])c1C(=O)O. The van der Waals surface area contributed by atoms with Crippen molar-refractivity contribution in [1.82, 2.24) is 5.32 Å². The molecule has 0 radical (unpaired) electrons. The highest BCUT2D eigenvalue weighted by Gasteiger charge is 2.23. The average molecular weight is 282 g/mol. The number of hydrogen-bond donors (Lipinski definition) is 3. The molecule has 0 aliphatic heterocycles. The Morgan fingerprint density at radius 2 is 2.20 bits per heavy atom. The molecule has 0 aliphatic rings. The first-order chi connectivity index (χ1) is 9.47. The summed E-state index contributed by atoms with van der Waals surface area (Å²) in [5.41, 5.74) is -0.304. The van der Waals surface area contributed by atoms with Gasteiger partial charge in [0.15, 0.2) is 0 Å². The lowest BCUT2D eigenvalue weighted by molar-refractivity contribution is -0.385. The maximum absolute atomic E-state index is 11.2. The zero-order chi connectivity index (χ0) is 15.1. The molecule has 7 nitrogen and oxygen atoms in total. The lowest BCUT2D eigenvalue weighted by atomic mass is 10.0. The second-order valence-corrected chi connectivity index (χ2v) is 4.52. The Bertz CT molecular complexity index is 490. The van der Waals surface area contributed by atoms with Gasteiger partial charge in [-0.05, 0) is 25.3 Å². The number of nitrogens with one attached hydrogen (secondary N) is 1. The molecule has 1 aromatic carbocycles. The summed E-state index contributed by atoms with van der Waals surface area (Å²) in [6.07, 6.45) is 1.39. The molecule has 0 amide bonds. The maximum atomic E-state index is 11.2. The Balaban J connectivity index is 2.87. The third kappa shape index (κ3) is 4.29.